The zero-order valence-electron chi connectivity index (χ0n) is 52.0. The van der Waals surface area contributed by atoms with Crippen LogP contribution in [0.1, 0.15) is 50.1 Å². The Morgan fingerprint density at radius 2 is 0.560 bits per heavy atom. The Balaban J connectivity index is 1.07. The van der Waals surface area contributed by atoms with Crippen LogP contribution in [0, 0.1) is 90.6 Å². The zero-order chi connectivity index (χ0) is 68.9. The van der Waals surface area contributed by atoms with E-state index in [0.29, 0.717) is 116 Å². The van der Waals surface area contributed by atoms with Gasteiger partial charge in [0.25, 0.3) is 0 Å². The second kappa shape index (κ2) is 24.7. The van der Waals surface area contributed by atoms with Crippen molar-refractivity contribution in [1.29, 1.82) is 42.1 Å². The van der Waals surface area contributed by atoms with Crippen molar-refractivity contribution in [3.63, 3.8) is 0 Å². The number of alkyl halides is 3. The van der Waals surface area contributed by atoms with E-state index in [0.717, 1.165) is 6.07 Å². The molecule has 12 aromatic carbocycles. The van der Waals surface area contributed by atoms with E-state index >= 15 is 13.2 Å². The highest BCUT2D eigenvalue weighted by molar-refractivity contribution is 6.14. The summed E-state index contributed by atoms with van der Waals surface area (Å²) < 4.78 is 54.7. The molecule has 13 nitrogen and oxygen atoms in total. The Morgan fingerprint density at radius 1 is 0.260 bits per heavy atom. The van der Waals surface area contributed by atoms with Gasteiger partial charge >= 0.3 is 6.18 Å². The van der Waals surface area contributed by atoms with Crippen LogP contribution < -0.4 is 0 Å². The van der Waals surface area contributed by atoms with Gasteiger partial charge in [-0.15, -0.1) is 0 Å². The number of nitrogens with zero attached hydrogens (tertiary/aromatic N) is 13. The highest BCUT2D eigenvalue weighted by atomic mass is 19.4. The molecular weight excluding hydrogens is 1250 g/mol. The summed E-state index contributed by atoms with van der Waals surface area (Å²) >= 11 is 0. The maximum atomic E-state index is 17.0. The van der Waals surface area contributed by atoms with Crippen LogP contribution in [0.25, 0.3) is 145 Å². The van der Waals surface area contributed by atoms with Crippen LogP contribution in [-0.2, 0) is 6.18 Å². The molecule has 0 unspecified atom stereocenters. The van der Waals surface area contributed by atoms with Crippen molar-refractivity contribution in [2.45, 2.75) is 6.18 Å². The predicted octanol–water partition coefficient (Wildman–Crippen LogP) is 19.4. The molecule has 0 radical (unpaired) electrons. The lowest BCUT2D eigenvalue weighted by Crippen LogP contribution is -2.11. The van der Waals surface area contributed by atoms with Crippen LogP contribution in [0.15, 0.2) is 243 Å². The van der Waals surface area contributed by atoms with Gasteiger partial charge in [-0.25, -0.2) is 15.0 Å². The molecule has 0 amide bonds. The van der Waals surface area contributed by atoms with E-state index in [2.05, 4.69) is 48.6 Å². The maximum absolute atomic E-state index is 17.0. The van der Waals surface area contributed by atoms with Gasteiger partial charge in [0, 0.05) is 49.4 Å². The van der Waals surface area contributed by atoms with Crippen LogP contribution >= 0.6 is 0 Å². The van der Waals surface area contributed by atoms with E-state index < -0.39 is 11.7 Å². The lowest BCUT2D eigenvalue weighted by atomic mass is 9.93. The van der Waals surface area contributed by atoms with Crippen molar-refractivity contribution in [3.8, 4) is 150 Å². The van der Waals surface area contributed by atoms with E-state index in [1.807, 2.05) is 114 Å². The topological polar surface area (TPSA) is 239 Å². The third kappa shape index (κ3) is 10.9. The number of rotatable bonds is 10. The Labute approximate surface area is 568 Å². The lowest BCUT2D eigenvalue weighted by Gasteiger charge is -2.23. The molecular formula is C84H40F3N13. The summed E-state index contributed by atoms with van der Waals surface area (Å²) in [7, 11) is 0. The largest absolute Gasteiger partial charge is 0.417 e. The number of halogens is 3. The predicted molar refractivity (Wildman–Crippen MR) is 375 cm³/mol. The Hall–Kier alpha value is -15.0. The quantitative estimate of drug-likeness (QED) is 0.125. The summed E-state index contributed by atoms with van der Waals surface area (Å²) in [6.07, 6.45) is -5.04. The molecule has 0 aliphatic carbocycles. The third-order valence-electron chi connectivity index (χ3n) is 17.7. The van der Waals surface area contributed by atoms with Gasteiger partial charge in [-0.1, -0.05) is 91.0 Å². The third-order valence-corrected chi connectivity index (χ3v) is 17.7. The normalized spacial score (nSPS) is 11.1. The zero-order valence-corrected chi connectivity index (χ0v) is 52.0. The highest BCUT2D eigenvalue weighted by Gasteiger charge is 2.37. The molecule has 0 aliphatic rings. The van der Waals surface area contributed by atoms with Gasteiger partial charge in [-0.2, -0.15) is 55.3 Å². The SMILES string of the molecule is N#Cc1cc(C#N)cc(-c2ccc3c(c2)c2cc(-c4cc(C#N)cc(C#N)c4)ccc2n3-c2ccc(-c3nc(-c4ccccc4)nc(-c4ccccc4)n3)cc2-c2c(-n3c4ccc(-c5cc(C#N)cc(C#N)c5)cc4c4cc(-c5cc(C#N)cc(C#N)c5)ccc43)cccc2C(F)(F)F)c1. The van der Waals surface area contributed by atoms with Gasteiger partial charge in [-0.3, -0.25) is 0 Å². The van der Waals surface area contributed by atoms with Crippen molar-refractivity contribution < 1.29 is 13.2 Å². The molecule has 15 aromatic rings. The first-order valence-electron chi connectivity index (χ1n) is 31.0. The van der Waals surface area contributed by atoms with E-state index in [4.69, 9.17) is 15.0 Å². The smallest absolute Gasteiger partial charge is 0.309 e. The molecule has 3 aromatic heterocycles. The Bertz CT molecular complexity index is 5930. The lowest BCUT2D eigenvalue weighted by molar-refractivity contribution is -0.137. The molecule has 0 N–H and O–H groups in total. The molecule has 0 aliphatic heterocycles. The minimum absolute atomic E-state index is 0.0778. The molecule has 0 fully saturated rings. The number of aromatic nitrogens is 5. The number of fused-ring (bicyclic) bond motifs is 6. The number of hydrogen-bond acceptors (Lipinski definition) is 11. The molecule has 0 saturated carbocycles. The summed E-state index contributed by atoms with van der Waals surface area (Å²) in [5.41, 5.74) is 9.40. The Morgan fingerprint density at radius 3 is 0.870 bits per heavy atom. The molecule has 0 atom stereocenters. The minimum atomic E-state index is -5.04. The van der Waals surface area contributed by atoms with Crippen molar-refractivity contribution in [3.05, 3.63) is 293 Å². The second-order valence-electron chi connectivity index (χ2n) is 23.7. The molecule has 3 heterocycles. The maximum Gasteiger partial charge on any atom is 0.417 e. The summed E-state index contributed by atoms with van der Waals surface area (Å²) in [5, 5.41) is 83.3. The molecule has 15 rings (SSSR count). The summed E-state index contributed by atoms with van der Waals surface area (Å²) in [4.78, 5) is 15.1. The van der Waals surface area contributed by atoms with Gasteiger partial charge in [0.05, 0.1) is 132 Å². The number of nitriles is 8. The summed E-state index contributed by atoms with van der Waals surface area (Å²) in [6.45, 7) is 0. The minimum Gasteiger partial charge on any atom is -0.309 e. The van der Waals surface area contributed by atoms with Gasteiger partial charge in [0.15, 0.2) is 17.5 Å². The molecule has 100 heavy (non-hydrogen) atoms. The summed E-state index contributed by atoms with van der Waals surface area (Å²) in [5.74, 6) is 0.758. The first kappa shape index (κ1) is 61.2. The molecule has 16 heteroatoms. The average molecular weight is 1290 g/mol. The van der Waals surface area contributed by atoms with Crippen LogP contribution in [0.2, 0.25) is 0 Å². The second-order valence-corrected chi connectivity index (χ2v) is 23.7. The number of hydrogen-bond donors (Lipinski definition) is 0. The number of benzene rings is 12. The van der Waals surface area contributed by atoms with Crippen LogP contribution in [0.5, 0.6) is 0 Å². The molecule has 0 bridgehead atoms. The fraction of sp³-hybridized carbons (Fsp3) is 0.0119. The summed E-state index contributed by atoms with van der Waals surface area (Å²) in [6, 6.07) is 86.3. The highest BCUT2D eigenvalue weighted by Crippen LogP contribution is 2.49. The van der Waals surface area contributed by atoms with Gasteiger partial charge < -0.3 is 9.13 Å². The first-order valence-corrected chi connectivity index (χ1v) is 31.0. The van der Waals surface area contributed by atoms with E-state index in [1.165, 1.54) is 30.3 Å². The first-order chi connectivity index (χ1) is 48.7. The van der Waals surface area contributed by atoms with Crippen molar-refractivity contribution in [2.24, 2.45) is 0 Å². The van der Waals surface area contributed by atoms with Crippen LogP contribution in [0.4, 0.5) is 13.2 Å². The van der Waals surface area contributed by atoms with Crippen molar-refractivity contribution in [1.82, 2.24) is 24.1 Å². The van der Waals surface area contributed by atoms with Gasteiger partial charge in [0.1, 0.15) is 0 Å². The van der Waals surface area contributed by atoms with Gasteiger partial charge in [0.2, 0.25) is 0 Å². The Kier molecular flexibility index (Phi) is 15.1. The molecule has 462 valence electrons. The van der Waals surface area contributed by atoms with Crippen LogP contribution in [-0.4, -0.2) is 24.1 Å². The molecule has 0 spiro atoms. The van der Waals surface area contributed by atoms with Gasteiger partial charge in [-0.05, 0) is 196 Å². The molecule has 0 saturated heterocycles. The fourth-order valence-corrected chi connectivity index (χ4v) is 13.2. The van der Waals surface area contributed by atoms with Crippen molar-refractivity contribution >= 4 is 43.6 Å². The van der Waals surface area contributed by atoms with Crippen molar-refractivity contribution in [2.75, 3.05) is 0 Å². The van der Waals surface area contributed by atoms with E-state index in [1.54, 1.807) is 102 Å². The standard InChI is InChI=1S/C84H40F3N13/c85-84(86,87)73-12-7-13-79(100-76-21-16-61(66-32-53(45-92)26-54(33-66)46-93)38-70(76)71-39-62(17-22-77(71)100)67-34-55(47-94)27-56(35-67)48-95)80(73)72-40-63(83-97-81(57-8-3-1-4-9-57)96-82(98-83)58-10-5-2-6-11-58)18-23-78(72)99-74-19-14-59(64-28-49(41-88)24-50(29-64)42-89)36-68(74)69-37-60(15-20-75(69)99)65-30-51(43-90)25-52(31-65)44-91/h1-40H. The van der Waals surface area contributed by atoms with Crippen LogP contribution in [0.3, 0.4) is 0 Å². The van der Waals surface area contributed by atoms with E-state index in [9.17, 15) is 42.1 Å². The average Bonchev–Trinajstić information content (AvgIpc) is 1.64. The monoisotopic (exact) mass is 1290 g/mol. The fourth-order valence-electron chi connectivity index (χ4n) is 13.2. The van der Waals surface area contributed by atoms with E-state index in [-0.39, 0.29) is 72.8 Å².